The van der Waals surface area contributed by atoms with Gasteiger partial charge in [-0.15, -0.1) is 0 Å². The first-order valence-electron chi connectivity index (χ1n) is 7.79. The number of hydrogen-bond donors (Lipinski definition) is 1. The number of carbonyl (C=O) groups is 5. The van der Waals surface area contributed by atoms with Crippen LogP contribution in [0.25, 0.3) is 0 Å². The number of benzene rings is 2. The summed E-state index contributed by atoms with van der Waals surface area (Å²) >= 11 is 0. The number of fused-ring (bicyclic) bond motifs is 7. The molecular weight excluding hydrogens is 356 g/mol. The number of ether oxygens (including phenoxy) is 2. The Labute approximate surface area is 151 Å². The molecule has 1 atom stereocenters. The normalized spacial score (nSPS) is 20.6. The highest BCUT2D eigenvalue weighted by molar-refractivity contribution is 6.13. The Morgan fingerprint density at radius 3 is 2.04 bits per heavy atom. The highest BCUT2D eigenvalue weighted by Crippen LogP contribution is 2.38. The molecule has 0 spiro atoms. The highest BCUT2D eigenvalue weighted by atomic mass is 16.6. The number of carboxylic acids is 1. The maximum atomic E-state index is 12.7. The predicted molar refractivity (Wildman–Crippen MR) is 86.5 cm³/mol. The smallest absolute Gasteiger partial charge is 0.346 e. The van der Waals surface area contributed by atoms with E-state index in [1.807, 2.05) is 0 Å². The molecule has 27 heavy (non-hydrogen) atoms. The van der Waals surface area contributed by atoms with Gasteiger partial charge < -0.3 is 14.6 Å². The minimum atomic E-state index is -1.58. The molecule has 0 radical (unpaired) electrons. The molecule has 0 saturated heterocycles. The lowest BCUT2D eigenvalue weighted by Crippen LogP contribution is -2.39. The largest absolute Gasteiger partial charge is 0.478 e. The first-order valence-corrected chi connectivity index (χ1v) is 7.79. The molecule has 2 aromatic rings. The van der Waals surface area contributed by atoms with Crippen molar-refractivity contribution in [1.29, 1.82) is 0 Å². The molecule has 4 heterocycles. The van der Waals surface area contributed by atoms with Crippen LogP contribution in [0.3, 0.4) is 0 Å². The van der Waals surface area contributed by atoms with Crippen molar-refractivity contribution < 1.29 is 38.6 Å². The van der Waals surface area contributed by atoms with Crippen LogP contribution in [0, 0.1) is 0 Å². The zero-order valence-electron chi connectivity index (χ0n) is 13.8. The topological polar surface area (TPSA) is 124 Å². The van der Waals surface area contributed by atoms with Crippen LogP contribution in [0.4, 0.5) is 0 Å². The molecule has 0 amide bonds. The summed E-state index contributed by atoms with van der Waals surface area (Å²) in [4.78, 5) is 61.4. The van der Waals surface area contributed by atoms with Crippen LogP contribution in [-0.4, -0.2) is 35.0 Å². The van der Waals surface area contributed by atoms with Gasteiger partial charge in [0.15, 0.2) is 0 Å². The summed E-state index contributed by atoms with van der Waals surface area (Å²) in [6.07, 6.45) is 0. The summed E-state index contributed by atoms with van der Waals surface area (Å²) in [6.45, 7) is 1.44. The average molecular weight is 366 g/mol. The van der Waals surface area contributed by atoms with E-state index in [4.69, 9.17) is 9.47 Å². The molecule has 4 aliphatic rings. The van der Waals surface area contributed by atoms with Gasteiger partial charge in [0.1, 0.15) is 5.41 Å². The van der Waals surface area contributed by atoms with Crippen molar-refractivity contribution in [2.45, 2.75) is 12.3 Å². The van der Waals surface area contributed by atoms with Crippen LogP contribution in [0.15, 0.2) is 36.4 Å². The van der Waals surface area contributed by atoms with Crippen LogP contribution in [-0.2, 0) is 19.7 Å². The summed E-state index contributed by atoms with van der Waals surface area (Å²) < 4.78 is 9.66. The first-order chi connectivity index (χ1) is 12.7. The van der Waals surface area contributed by atoms with Crippen LogP contribution >= 0.6 is 0 Å². The highest BCUT2D eigenvalue weighted by Gasteiger charge is 2.44. The van der Waals surface area contributed by atoms with Crippen molar-refractivity contribution in [3.63, 3.8) is 0 Å². The van der Waals surface area contributed by atoms with E-state index in [-0.39, 0.29) is 27.8 Å². The first kappa shape index (κ1) is 16.6. The van der Waals surface area contributed by atoms with Crippen molar-refractivity contribution in [2.75, 3.05) is 0 Å². The second kappa shape index (κ2) is 5.34. The minimum absolute atomic E-state index is 0.184. The van der Waals surface area contributed by atoms with Crippen molar-refractivity contribution in [1.82, 2.24) is 0 Å². The van der Waals surface area contributed by atoms with E-state index in [2.05, 4.69) is 0 Å². The van der Waals surface area contributed by atoms with Gasteiger partial charge in [-0.25, -0.2) is 19.2 Å². The lowest BCUT2D eigenvalue weighted by Gasteiger charge is -2.30. The lowest BCUT2D eigenvalue weighted by atomic mass is 9.74. The molecule has 6 bridgehead atoms. The van der Waals surface area contributed by atoms with Gasteiger partial charge in [-0.2, -0.15) is 0 Å². The summed E-state index contributed by atoms with van der Waals surface area (Å²) in [5.41, 5.74) is -2.38. The van der Waals surface area contributed by atoms with E-state index in [1.165, 1.54) is 31.2 Å². The van der Waals surface area contributed by atoms with Gasteiger partial charge in [0.05, 0.1) is 22.3 Å². The van der Waals surface area contributed by atoms with Gasteiger partial charge in [0, 0.05) is 0 Å². The van der Waals surface area contributed by atoms with Gasteiger partial charge in [-0.1, -0.05) is 12.1 Å². The molecular formula is C19H10O8. The standard InChI is InChI=1S/C19H10O8/c1-19-8-2-4-10(12(6-8)14(20)21)15(22)26-17(24)13-7-9(19)3-5-11(13)16(23)27-18(19)25/h2-7H,1H3,(H,20,21). The van der Waals surface area contributed by atoms with Crippen molar-refractivity contribution in [3.8, 4) is 0 Å². The monoisotopic (exact) mass is 366 g/mol. The third-order valence-electron chi connectivity index (χ3n) is 4.86. The summed E-state index contributed by atoms with van der Waals surface area (Å²) in [5.74, 6) is -5.76. The van der Waals surface area contributed by atoms with E-state index in [0.29, 0.717) is 0 Å². The number of aromatic carboxylic acids is 1. The van der Waals surface area contributed by atoms with Crippen molar-refractivity contribution >= 4 is 29.8 Å². The molecule has 8 nitrogen and oxygen atoms in total. The van der Waals surface area contributed by atoms with E-state index >= 15 is 0 Å². The maximum absolute atomic E-state index is 12.7. The zero-order valence-corrected chi connectivity index (χ0v) is 13.8. The molecule has 2 aromatic carbocycles. The Hall–Kier alpha value is -3.81. The van der Waals surface area contributed by atoms with Crippen molar-refractivity contribution in [3.05, 3.63) is 69.8 Å². The molecule has 1 unspecified atom stereocenters. The number of rotatable bonds is 1. The fraction of sp³-hybridized carbons (Fsp3) is 0.105. The number of carbonyl (C=O) groups excluding carboxylic acids is 4. The summed E-state index contributed by atoms with van der Waals surface area (Å²) in [7, 11) is 0. The fourth-order valence-electron chi connectivity index (χ4n) is 3.25. The van der Waals surface area contributed by atoms with E-state index < -0.39 is 40.8 Å². The summed E-state index contributed by atoms with van der Waals surface area (Å²) in [5, 5.41) is 9.46. The maximum Gasteiger partial charge on any atom is 0.346 e. The van der Waals surface area contributed by atoms with Gasteiger partial charge in [-0.3, -0.25) is 4.79 Å². The van der Waals surface area contributed by atoms with Crippen LogP contribution in [0.2, 0.25) is 0 Å². The molecule has 0 aliphatic carbocycles. The third-order valence-corrected chi connectivity index (χ3v) is 4.86. The van der Waals surface area contributed by atoms with Crippen LogP contribution < -0.4 is 0 Å². The van der Waals surface area contributed by atoms with Crippen LogP contribution in [0.1, 0.15) is 59.5 Å². The average Bonchev–Trinajstić information content (AvgIpc) is 2.65. The minimum Gasteiger partial charge on any atom is -0.478 e. The quantitative estimate of drug-likeness (QED) is 0.597. The Balaban J connectivity index is 2.15. The lowest BCUT2D eigenvalue weighted by molar-refractivity contribution is -0.142. The Morgan fingerprint density at radius 1 is 0.815 bits per heavy atom. The fourth-order valence-corrected chi connectivity index (χ4v) is 3.25. The van der Waals surface area contributed by atoms with E-state index in [9.17, 15) is 29.1 Å². The molecule has 8 heteroatoms. The number of esters is 4. The van der Waals surface area contributed by atoms with Gasteiger partial charge in [-0.05, 0) is 42.3 Å². The van der Waals surface area contributed by atoms with Gasteiger partial charge in [0.2, 0.25) is 0 Å². The summed E-state index contributed by atoms with van der Waals surface area (Å²) in [6, 6.07) is 7.71. The Morgan fingerprint density at radius 2 is 1.37 bits per heavy atom. The van der Waals surface area contributed by atoms with Crippen LogP contribution in [0.5, 0.6) is 0 Å². The Kier molecular flexibility index (Phi) is 3.29. The third kappa shape index (κ3) is 2.20. The van der Waals surface area contributed by atoms with Gasteiger partial charge in [0.25, 0.3) is 0 Å². The second-order valence-electron chi connectivity index (χ2n) is 6.30. The molecule has 0 saturated carbocycles. The SMILES string of the molecule is CC12C(=O)OC(=O)c3ccc1cc3C(=O)OC(=O)c1ccc2cc1C(=O)O. The number of hydrogen-bond acceptors (Lipinski definition) is 7. The van der Waals surface area contributed by atoms with E-state index in [1.54, 1.807) is 0 Å². The zero-order chi connectivity index (χ0) is 19.5. The molecule has 4 aliphatic heterocycles. The number of carboxylic acid groups (broad SMARTS) is 1. The molecule has 1 N–H and O–H groups in total. The van der Waals surface area contributed by atoms with E-state index in [0.717, 1.165) is 12.1 Å². The predicted octanol–water partition coefficient (Wildman–Crippen LogP) is 1.70. The van der Waals surface area contributed by atoms with Crippen molar-refractivity contribution in [2.24, 2.45) is 0 Å². The second-order valence-corrected chi connectivity index (χ2v) is 6.30. The molecule has 0 fully saturated rings. The Bertz CT molecular complexity index is 1100. The molecule has 134 valence electrons. The molecule has 6 rings (SSSR count). The molecule has 0 aromatic heterocycles. The van der Waals surface area contributed by atoms with Gasteiger partial charge >= 0.3 is 29.8 Å².